The van der Waals surface area contributed by atoms with Crippen molar-refractivity contribution in [1.82, 2.24) is 15.1 Å². The van der Waals surface area contributed by atoms with Crippen LogP contribution in [0.15, 0.2) is 54.6 Å². The number of hydrogen-bond acceptors (Lipinski definition) is 5. The topological polar surface area (TPSA) is 65.1 Å². The van der Waals surface area contributed by atoms with Gasteiger partial charge in [0.05, 0.1) is 19.8 Å². The Bertz CT molecular complexity index is 875. The molecule has 0 spiro atoms. The van der Waals surface area contributed by atoms with Crippen molar-refractivity contribution in [2.75, 3.05) is 63.9 Å². The molecule has 2 aliphatic heterocycles. The molecule has 1 N–H and O–H groups in total. The highest BCUT2D eigenvalue weighted by atomic mass is 16.5. The summed E-state index contributed by atoms with van der Waals surface area (Å²) in [6.07, 6.45) is 0. The standard InChI is InChI=1S/C24H30N4O3/c29-23(28-11-9-27(10-12-28)22-7-2-1-3-8-22)18-25-24(30)21-6-4-5-20(17-21)19-26-13-15-31-16-14-26/h1-8,17H,9-16,18-19H2,(H,25,30). The SMILES string of the molecule is O=C(NCC(=O)N1CCN(c2ccccc2)CC1)c1cccc(CN2CCOCC2)c1. The van der Waals surface area contributed by atoms with Crippen molar-refractivity contribution in [3.05, 3.63) is 65.7 Å². The Morgan fingerprint density at radius 3 is 2.35 bits per heavy atom. The largest absolute Gasteiger partial charge is 0.379 e. The minimum absolute atomic E-state index is 0.0257. The van der Waals surface area contributed by atoms with E-state index in [4.69, 9.17) is 4.74 Å². The lowest BCUT2D eigenvalue weighted by Crippen LogP contribution is -2.51. The molecule has 4 rings (SSSR count). The number of morpholine rings is 1. The summed E-state index contributed by atoms with van der Waals surface area (Å²) in [5.74, 6) is -0.245. The second-order valence-corrected chi connectivity index (χ2v) is 7.97. The molecule has 2 saturated heterocycles. The number of ether oxygens (including phenoxy) is 1. The monoisotopic (exact) mass is 422 g/mol. The number of nitrogens with zero attached hydrogens (tertiary/aromatic N) is 3. The first kappa shape index (κ1) is 21.3. The van der Waals surface area contributed by atoms with E-state index in [2.05, 4.69) is 27.2 Å². The zero-order chi connectivity index (χ0) is 21.5. The second-order valence-electron chi connectivity index (χ2n) is 7.97. The van der Waals surface area contributed by atoms with E-state index in [-0.39, 0.29) is 18.4 Å². The number of hydrogen-bond donors (Lipinski definition) is 1. The van der Waals surface area contributed by atoms with E-state index < -0.39 is 0 Å². The molecule has 0 saturated carbocycles. The van der Waals surface area contributed by atoms with Crippen LogP contribution in [0, 0.1) is 0 Å². The van der Waals surface area contributed by atoms with E-state index in [1.165, 1.54) is 5.69 Å². The summed E-state index contributed by atoms with van der Waals surface area (Å²) in [6.45, 7) is 7.07. The van der Waals surface area contributed by atoms with Crippen LogP contribution in [0.3, 0.4) is 0 Å². The van der Waals surface area contributed by atoms with E-state index in [0.717, 1.165) is 51.5 Å². The van der Waals surface area contributed by atoms with Crippen LogP contribution in [0.5, 0.6) is 0 Å². The van der Waals surface area contributed by atoms with Gasteiger partial charge in [-0.3, -0.25) is 14.5 Å². The zero-order valence-electron chi connectivity index (χ0n) is 17.8. The van der Waals surface area contributed by atoms with Gasteiger partial charge in [-0.15, -0.1) is 0 Å². The fourth-order valence-corrected chi connectivity index (χ4v) is 4.05. The van der Waals surface area contributed by atoms with Gasteiger partial charge in [0, 0.05) is 57.1 Å². The highest BCUT2D eigenvalue weighted by Crippen LogP contribution is 2.15. The van der Waals surface area contributed by atoms with Crippen LogP contribution in [-0.4, -0.2) is 80.6 Å². The van der Waals surface area contributed by atoms with Gasteiger partial charge in [-0.25, -0.2) is 0 Å². The third-order valence-electron chi connectivity index (χ3n) is 5.85. The Kier molecular flexibility index (Phi) is 7.17. The first-order chi connectivity index (χ1) is 15.2. The van der Waals surface area contributed by atoms with E-state index in [1.54, 1.807) is 6.07 Å². The van der Waals surface area contributed by atoms with Gasteiger partial charge in [-0.2, -0.15) is 0 Å². The number of amides is 2. The molecule has 0 aromatic heterocycles. The number of nitrogens with one attached hydrogen (secondary N) is 1. The fraction of sp³-hybridized carbons (Fsp3) is 0.417. The first-order valence-corrected chi connectivity index (χ1v) is 10.9. The van der Waals surface area contributed by atoms with E-state index in [9.17, 15) is 9.59 Å². The van der Waals surface area contributed by atoms with Gasteiger partial charge >= 0.3 is 0 Å². The lowest BCUT2D eigenvalue weighted by Gasteiger charge is -2.36. The molecule has 2 aromatic rings. The second kappa shape index (κ2) is 10.4. The molecular weight excluding hydrogens is 392 g/mol. The Morgan fingerprint density at radius 2 is 1.61 bits per heavy atom. The molecule has 31 heavy (non-hydrogen) atoms. The van der Waals surface area contributed by atoms with Gasteiger partial charge in [-0.1, -0.05) is 30.3 Å². The number of carbonyl (C=O) groups excluding carboxylic acids is 2. The van der Waals surface area contributed by atoms with E-state index in [0.29, 0.717) is 18.7 Å². The van der Waals surface area contributed by atoms with Gasteiger partial charge in [0.2, 0.25) is 5.91 Å². The molecule has 2 aliphatic rings. The Balaban J connectivity index is 1.24. The maximum Gasteiger partial charge on any atom is 0.251 e. The first-order valence-electron chi connectivity index (χ1n) is 10.9. The van der Waals surface area contributed by atoms with Crippen molar-refractivity contribution in [2.24, 2.45) is 0 Å². The van der Waals surface area contributed by atoms with Crippen LogP contribution >= 0.6 is 0 Å². The van der Waals surface area contributed by atoms with Crippen LogP contribution in [0.2, 0.25) is 0 Å². The summed E-state index contributed by atoms with van der Waals surface area (Å²) in [6, 6.07) is 17.9. The summed E-state index contributed by atoms with van der Waals surface area (Å²) < 4.78 is 5.39. The Labute approximate surface area is 183 Å². The lowest BCUT2D eigenvalue weighted by atomic mass is 10.1. The van der Waals surface area contributed by atoms with Crippen molar-refractivity contribution in [1.29, 1.82) is 0 Å². The number of rotatable bonds is 6. The van der Waals surface area contributed by atoms with Gasteiger partial charge in [-0.05, 0) is 29.8 Å². The lowest BCUT2D eigenvalue weighted by molar-refractivity contribution is -0.130. The smallest absolute Gasteiger partial charge is 0.251 e. The van der Waals surface area contributed by atoms with Crippen molar-refractivity contribution < 1.29 is 14.3 Å². The van der Waals surface area contributed by atoms with Gasteiger partial charge in [0.1, 0.15) is 0 Å². The number of carbonyl (C=O) groups is 2. The number of piperazine rings is 1. The third kappa shape index (κ3) is 5.83. The molecule has 0 aliphatic carbocycles. The van der Waals surface area contributed by atoms with Crippen molar-refractivity contribution in [2.45, 2.75) is 6.54 Å². The molecule has 2 amide bonds. The molecule has 164 valence electrons. The molecule has 0 unspecified atom stereocenters. The van der Waals surface area contributed by atoms with Crippen LogP contribution in [0.4, 0.5) is 5.69 Å². The highest BCUT2D eigenvalue weighted by Gasteiger charge is 2.21. The van der Waals surface area contributed by atoms with Crippen LogP contribution in [0.1, 0.15) is 15.9 Å². The summed E-state index contributed by atoms with van der Waals surface area (Å²) in [7, 11) is 0. The molecule has 7 nitrogen and oxygen atoms in total. The number of para-hydroxylation sites is 1. The van der Waals surface area contributed by atoms with E-state index >= 15 is 0 Å². The Morgan fingerprint density at radius 1 is 0.871 bits per heavy atom. The maximum absolute atomic E-state index is 12.6. The predicted octanol–water partition coefficient (Wildman–Crippen LogP) is 1.60. The minimum atomic E-state index is -0.208. The number of anilines is 1. The predicted molar refractivity (Wildman–Crippen MR) is 120 cm³/mol. The highest BCUT2D eigenvalue weighted by molar-refractivity contribution is 5.96. The van der Waals surface area contributed by atoms with Gasteiger partial charge in [0.25, 0.3) is 5.91 Å². The molecule has 2 fully saturated rings. The summed E-state index contributed by atoms with van der Waals surface area (Å²) >= 11 is 0. The van der Waals surface area contributed by atoms with Crippen molar-refractivity contribution in [3.63, 3.8) is 0 Å². The Hall–Kier alpha value is -2.90. The van der Waals surface area contributed by atoms with E-state index in [1.807, 2.05) is 41.3 Å². The van der Waals surface area contributed by atoms with Crippen LogP contribution in [-0.2, 0) is 16.1 Å². The normalized spacial score (nSPS) is 17.4. The zero-order valence-corrected chi connectivity index (χ0v) is 17.8. The average Bonchev–Trinajstić information content (AvgIpc) is 2.84. The third-order valence-corrected chi connectivity index (χ3v) is 5.85. The van der Waals surface area contributed by atoms with Crippen molar-refractivity contribution >= 4 is 17.5 Å². The van der Waals surface area contributed by atoms with Gasteiger partial charge < -0.3 is 19.9 Å². The summed E-state index contributed by atoms with van der Waals surface area (Å²) in [5, 5.41) is 2.79. The average molecular weight is 423 g/mol. The van der Waals surface area contributed by atoms with Gasteiger partial charge in [0.15, 0.2) is 0 Å². The van der Waals surface area contributed by atoms with Crippen molar-refractivity contribution in [3.8, 4) is 0 Å². The summed E-state index contributed by atoms with van der Waals surface area (Å²) in [4.78, 5) is 31.6. The summed E-state index contributed by atoms with van der Waals surface area (Å²) in [5.41, 5.74) is 2.87. The number of benzene rings is 2. The fourth-order valence-electron chi connectivity index (χ4n) is 4.05. The van der Waals surface area contributed by atoms with Crippen LogP contribution in [0.25, 0.3) is 0 Å². The molecular formula is C24H30N4O3. The quantitative estimate of drug-likeness (QED) is 0.766. The molecule has 2 heterocycles. The molecule has 7 heteroatoms. The molecule has 2 aromatic carbocycles. The maximum atomic E-state index is 12.6. The molecule has 0 bridgehead atoms. The molecule has 0 atom stereocenters. The molecule has 0 radical (unpaired) electrons. The van der Waals surface area contributed by atoms with Crippen LogP contribution < -0.4 is 10.2 Å². The minimum Gasteiger partial charge on any atom is -0.379 e.